The number of piperidine rings is 1. The first-order valence-corrected chi connectivity index (χ1v) is 11.2. The minimum Gasteiger partial charge on any atom is -0.369 e. The monoisotopic (exact) mass is 568 g/mol. The molecule has 0 radical (unpaired) electrons. The molecule has 1 aliphatic rings. The molecule has 0 aliphatic carbocycles. The summed E-state index contributed by atoms with van der Waals surface area (Å²) in [7, 11) is 0. The van der Waals surface area contributed by atoms with Crippen LogP contribution in [0.5, 0.6) is 0 Å². The van der Waals surface area contributed by atoms with Crippen LogP contribution in [0.3, 0.4) is 0 Å². The second kappa shape index (κ2) is 12.7. The average Bonchev–Trinajstić information content (AvgIpc) is 2.79. The lowest BCUT2D eigenvalue weighted by atomic mass is 9.96. The third kappa shape index (κ3) is 7.28. The van der Waals surface area contributed by atoms with Crippen LogP contribution < -0.4 is 21.3 Å². The average molecular weight is 568 g/mol. The van der Waals surface area contributed by atoms with Gasteiger partial charge in [-0.3, -0.25) is 4.79 Å². The number of aryl methyl sites for hydroxylation is 1. The minimum atomic E-state index is -0.223. The van der Waals surface area contributed by atoms with E-state index in [0.717, 1.165) is 42.9 Å². The lowest BCUT2D eigenvalue weighted by Crippen LogP contribution is -2.39. The van der Waals surface area contributed by atoms with Gasteiger partial charge in [0.05, 0.1) is 12.6 Å². The number of guanidine groups is 1. The Bertz CT molecular complexity index is 962. The number of anilines is 1. The molecule has 2 aromatic rings. The van der Waals surface area contributed by atoms with Crippen LogP contribution in [-0.2, 0) is 11.3 Å². The van der Waals surface area contributed by atoms with Crippen LogP contribution >= 0.6 is 24.0 Å². The number of carbonyl (C=O) groups excluding carboxylic acids is 1. The van der Waals surface area contributed by atoms with Gasteiger partial charge in [-0.15, -0.1) is 24.0 Å². The number of hydrogen-bond donors (Lipinski definition) is 3. The Labute approximate surface area is 212 Å². The first-order valence-electron chi connectivity index (χ1n) is 11.2. The highest BCUT2D eigenvalue weighted by Crippen LogP contribution is 2.25. The van der Waals surface area contributed by atoms with E-state index in [9.17, 15) is 9.18 Å². The van der Waals surface area contributed by atoms with E-state index < -0.39 is 0 Å². The van der Waals surface area contributed by atoms with Crippen LogP contribution in [0, 0.1) is 18.7 Å². The Morgan fingerprint density at radius 3 is 2.70 bits per heavy atom. The SMILES string of the molecule is CCNC(=NCc1cccnc1N1CCC(C(N)=O)CC1)NC(C)c1ccc(C)c(F)c1.I. The minimum absolute atomic E-state index is 0. The number of aliphatic imine (C=N–C) groups is 1. The number of primary amides is 1. The first kappa shape index (κ1) is 26.8. The van der Waals surface area contributed by atoms with E-state index in [1.807, 2.05) is 32.0 Å². The van der Waals surface area contributed by atoms with Crippen molar-refractivity contribution in [1.82, 2.24) is 15.6 Å². The number of nitrogens with zero attached hydrogens (tertiary/aromatic N) is 3. The number of hydrogen-bond acceptors (Lipinski definition) is 4. The summed E-state index contributed by atoms with van der Waals surface area (Å²) in [4.78, 5) is 23.0. The normalized spacial score (nSPS) is 15.5. The molecule has 180 valence electrons. The molecule has 1 atom stereocenters. The molecule has 9 heteroatoms. The van der Waals surface area contributed by atoms with Crippen molar-refractivity contribution >= 4 is 41.7 Å². The molecule has 1 saturated heterocycles. The molecule has 2 heterocycles. The van der Waals surface area contributed by atoms with Crippen LogP contribution in [0.2, 0.25) is 0 Å². The number of rotatable bonds is 7. The van der Waals surface area contributed by atoms with Crippen molar-refractivity contribution in [2.75, 3.05) is 24.5 Å². The van der Waals surface area contributed by atoms with Crippen LogP contribution in [0.25, 0.3) is 0 Å². The number of nitrogens with two attached hydrogens (primary N) is 1. The number of carbonyl (C=O) groups is 1. The fraction of sp³-hybridized carbons (Fsp3) is 0.458. The maximum Gasteiger partial charge on any atom is 0.220 e. The van der Waals surface area contributed by atoms with Gasteiger partial charge >= 0.3 is 0 Å². The van der Waals surface area contributed by atoms with Crippen molar-refractivity contribution in [1.29, 1.82) is 0 Å². The second-order valence-corrected chi connectivity index (χ2v) is 8.22. The molecule has 1 aromatic heterocycles. The van der Waals surface area contributed by atoms with Crippen LogP contribution in [0.4, 0.5) is 10.2 Å². The zero-order chi connectivity index (χ0) is 23.1. The van der Waals surface area contributed by atoms with E-state index in [1.54, 1.807) is 25.3 Å². The van der Waals surface area contributed by atoms with Gasteiger partial charge in [0.1, 0.15) is 11.6 Å². The van der Waals surface area contributed by atoms with Crippen molar-refractivity contribution in [3.63, 3.8) is 0 Å². The van der Waals surface area contributed by atoms with Gasteiger partial charge in [0, 0.05) is 37.3 Å². The fourth-order valence-electron chi connectivity index (χ4n) is 3.87. The van der Waals surface area contributed by atoms with Crippen LogP contribution in [-0.4, -0.2) is 36.5 Å². The highest BCUT2D eigenvalue weighted by atomic mass is 127. The van der Waals surface area contributed by atoms with E-state index >= 15 is 0 Å². The smallest absolute Gasteiger partial charge is 0.220 e. The maximum absolute atomic E-state index is 14.0. The molecule has 1 aliphatic heterocycles. The number of pyridine rings is 1. The molecule has 0 bridgehead atoms. The summed E-state index contributed by atoms with van der Waals surface area (Å²) in [6.07, 6.45) is 3.26. The fourth-order valence-corrected chi connectivity index (χ4v) is 3.87. The summed E-state index contributed by atoms with van der Waals surface area (Å²) in [5, 5.41) is 6.61. The second-order valence-electron chi connectivity index (χ2n) is 8.22. The standard InChI is InChI=1S/C24H33FN6O.HI/c1-4-27-24(30-17(3)19-8-7-16(2)21(25)14-19)29-15-20-6-5-11-28-23(20)31-12-9-18(10-13-31)22(26)32;/h5-8,11,14,17-18H,4,9-10,12-13,15H2,1-3H3,(H2,26,32)(H2,27,29,30);1H. The van der Waals surface area contributed by atoms with Crippen LogP contribution in [0.15, 0.2) is 41.5 Å². The van der Waals surface area contributed by atoms with Gasteiger partial charge in [-0.05, 0) is 56.9 Å². The van der Waals surface area contributed by atoms with Gasteiger partial charge in [-0.2, -0.15) is 0 Å². The molecular weight excluding hydrogens is 534 g/mol. The Morgan fingerprint density at radius 1 is 1.33 bits per heavy atom. The van der Waals surface area contributed by atoms with Gasteiger partial charge in [0.2, 0.25) is 5.91 Å². The highest BCUT2D eigenvalue weighted by Gasteiger charge is 2.25. The van der Waals surface area contributed by atoms with Gasteiger partial charge < -0.3 is 21.3 Å². The molecule has 0 saturated carbocycles. The Kier molecular flexibility index (Phi) is 10.3. The van der Waals surface area contributed by atoms with Gasteiger partial charge in [-0.1, -0.05) is 18.2 Å². The molecule has 1 aromatic carbocycles. The summed E-state index contributed by atoms with van der Waals surface area (Å²) < 4.78 is 14.0. The van der Waals surface area contributed by atoms with E-state index in [4.69, 9.17) is 10.7 Å². The van der Waals surface area contributed by atoms with Gasteiger partial charge in [0.15, 0.2) is 5.96 Å². The lowest BCUT2D eigenvalue weighted by Gasteiger charge is -2.32. The number of halogens is 2. The molecular formula is C24H34FIN6O. The van der Waals surface area contributed by atoms with Crippen molar-refractivity contribution in [3.8, 4) is 0 Å². The Balaban J connectivity index is 0.00000385. The molecule has 33 heavy (non-hydrogen) atoms. The van der Waals surface area contributed by atoms with E-state index in [1.165, 1.54) is 0 Å². The van der Waals surface area contributed by atoms with Crippen molar-refractivity contribution in [2.24, 2.45) is 16.6 Å². The number of aromatic nitrogens is 1. The number of benzene rings is 1. The molecule has 1 amide bonds. The summed E-state index contributed by atoms with van der Waals surface area (Å²) in [6, 6.07) is 9.09. The topological polar surface area (TPSA) is 95.6 Å². The maximum atomic E-state index is 14.0. The first-order chi connectivity index (χ1) is 15.4. The van der Waals surface area contributed by atoms with Crippen molar-refractivity contribution in [2.45, 2.75) is 46.2 Å². The summed E-state index contributed by atoms with van der Waals surface area (Å²) in [5.41, 5.74) is 7.96. The van der Waals surface area contributed by atoms with Gasteiger partial charge in [-0.25, -0.2) is 14.4 Å². The molecule has 3 rings (SSSR count). The Morgan fingerprint density at radius 2 is 2.06 bits per heavy atom. The van der Waals surface area contributed by atoms with E-state index in [0.29, 0.717) is 24.6 Å². The predicted octanol–water partition coefficient (Wildman–Crippen LogP) is 3.67. The predicted molar refractivity (Wildman–Crippen MR) is 141 cm³/mol. The van der Waals surface area contributed by atoms with Crippen molar-refractivity contribution in [3.05, 3.63) is 59.0 Å². The van der Waals surface area contributed by atoms with E-state index in [2.05, 4.69) is 20.5 Å². The Hall–Kier alpha value is -2.43. The molecule has 7 nitrogen and oxygen atoms in total. The number of nitrogens with one attached hydrogen (secondary N) is 2. The largest absolute Gasteiger partial charge is 0.369 e. The third-order valence-corrected chi connectivity index (χ3v) is 5.87. The molecule has 0 spiro atoms. The summed E-state index contributed by atoms with van der Waals surface area (Å²) >= 11 is 0. The molecule has 1 unspecified atom stereocenters. The summed E-state index contributed by atoms with van der Waals surface area (Å²) in [6.45, 7) is 8.39. The third-order valence-electron chi connectivity index (χ3n) is 5.87. The van der Waals surface area contributed by atoms with Crippen molar-refractivity contribution < 1.29 is 9.18 Å². The summed E-state index contributed by atoms with van der Waals surface area (Å²) in [5.74, 6) is 1.05. The van der Waals surface area contributed by atoms with E-state index in [-0.39, 0.29) is 47.7 Å². The molecule has 1 fully saturated rings. The zero-order valence-corrected chi connectivity index (χ0v) is 21.8. The number of amides is 1. The quantitative estimate of drug-likeness (QED) is 0.269. The zero-order valence-electron chi connectivity index (χ0n) is 19.5. The van der Waals surface area contributed by atoms with Crippen LogP contribution in [0.1, 0.15) is 49.4 Å². The van der Waals surface area contributed by atoms with Gasteiger partial charge in [0.25, 0.3) is 0 Å². The molecule has 4 N–H and O–H groups in total. The highest BCUT2D eigenvalue weighted by molar-refractivity contribution is 14.0. The lowest BCUT2D eigenvalue weighted by molar-refractivity contribution is -0.122.